The van der Waals surface area contributed by atoms with E-state index in [2.05, 4.69) is 22.9 Å². The van der Waals surface area contributed by atoms with Crippen molar-refractivity contribution in [2.24, 2.45) is 4.99 Å². The van der Waals surface area contributed by atoms with Gasteiger partial charge in [-0.05, 0) is 37.1 Å². The van der Waals surface area contributed by atoms with Crippen LogP contribution in [0.1, 0.15) is 66.6 Å². The molecular formula is C29H31BrN2O3S. The maximum absolute atomic E-state index is 14.2. The molecule has 0 saturated carbocycles. The first-order valence-corrected chi connectivity index (χ1v) is 14.6. The zero-order valence-electron chi connectivity index (χ0n) is 20.6. The molecule has 0 aromatic heterocycles. The van der Waals surface area contributed by atoms with Gasteiger partial charge in [0.05, 0.1) is 4.90 Å². The topological polar surface area (TPSA) is 66.8 Å². The molecular weight excluding hydrogens is 536 g/mol. The average Bonchev–Trinajstić information content (AvgIpc) is 3.27. The zero-order valence-corrected chi connectivity index (χ0v) is 23.0. The lowest BCUT2D eigenvalue weighted by atomic mass is 9.94. The van der Waals surface area contributed by atoms with Crippen molar-refractivity contribution >= 4 is 37.6 Å². The van der Waals surface area contributed by atoms with Crippen molar-refractivity contribution in [1.82, 2.24) is 4.31 Å². The van der Waals surface area contributed by atoms with Crippen LogP contribution >= 0.6 is 15.9 Å². The second kappa shape index (κ2) is 11.5. The Balaban J connectivity index is 1.86. The zero-order chi connectivity index (χ0) is 25.7. The minimum absolute atomic E-state index is 0.191. The third kappa shape index (κ3) is 5.47. The van der Waals surface area contributed by atoms with Gasteiger partial charge in [-0.1, -0.05) is 108 Å². The lowest BCUT2D eigenvalue weighted by Gasteiger charge is -2.30. The normalized spacial score (nSPS) is 17.8. The number of amidine groups is 1. The number of hydrogen-bond acceptors (Lipinski definition) is 4. The summed E-state index contributed by atoms with van der Waals surface area (Å²) in [4.78, 5) is 18.8. The van der Waals surface area contributed by atoms with Crippen LogP contribution in [-0.2, 0) is 10.0 Å². The Morgan fingerprint density at radius 1 is 0.917 bits per heavy atom. The number of carbonyl (C=O) groups is 1. The Kier molecular flexibility index (Phi) is 8.42. The number of rotatable bonds is 10. The fourth-order valence-electron chi connectivity index (χ4n) is 4.56. The molecule has 0 amide bonds. The molecule has 5 nitrogen and oxygen atoms in total. The van der Waals surface area contributed by atoms with Gasteiger partial charge >= 0.3 is 0 Å². The number of Topliss-reactive ketones (excluding diaryl/α,β-unsaturated/α-hetero) is 1. The molecule has 0 radical (unpaired) electrons. The smallest absolute Gasteiger partial charge is 0.265 e. The van der Waals surface area contributed by atoms with Gasteiger partial charge in [0.15, 0.2) is 5.78 Å². The lowest BCUT2D eigenvalue weighted by molar-refractivity contribution is 0.0944. The molecule has 36 heavy (non-hydrogen) atoms. The molecule has 1 heterocycles. The minimum atomic E-state index is -3.98. The first kappa shape index (κ1) is 26.3. The lowest BCUT2D eigenvalue weighted by Crippen LogP contribution is -2.40. The van der Waals surface area contributed by atoms with Gasteiger partial charge < -0.3 is 0 Å². The number of benzene rings is 3. The van der Waals surface area contributed by atoms with E-state index in [1.165, 1.54) is 4.31 Å². The molecule has 7 heteroatoms. The molecule has 2 atom stereocenters. The summed E-state index contributed by atoms with van der Waals surface area (Å²) in [5.41, 5.74) is 2.21. The van der Waals surface area contributed by atoms with Crippen molar-refractivity contribution in [1.29, 1.82) is 0 Å². The molecule has 3 aromatic carbocycles. The molecule has 0 spiro atoms. The number of nitrogens with zero attached hydrogens (tertiary/aromatic N) is 2. The van der Waals surface area contributed by atoms with Crippen LogP contribution in [0.15, 0.2) is 93.2 Å². The number of unbranched alkanes of at least 4 members (excludes halogenated alkanes) is 3. The number of ketones is 1. The molecule has 0 N–H and O–H groups in total. The maximum atomic E-state index is 14.2. The Labute approximate surface area is 222 Å². The van der Waals surface area contributed by atoms with E-state index in [1.807, 2.05) is 49.4 Å². The van der Waals surface area contributed by atoms with Gasteiger partial charge in [-0.2, -0.15) is 0 Å². The van der Waals surface area contributed by atoms with Gasteiger partial charge in [-0.3, -0.25) is 9.79 Å². The SMILES string of the molecule is CCCCCCC1=N[C@H](C(=O)c2ccccc2)[C@@H](c2ccccc2Br)N1S(=O)(=O)c1ccc(C)cc1. The van der Waals surface area contributed by atoms with E-state index in [0.717, 1.165) is 41.3 Å². The summed E-state index contributed by atoms with van der Waals surface area (Å²) < 4.78 is 30.5. The Hall–Kier alpha value is -2.77. The van der Waals surface area contributed by atoms with Gasteiger partial charge in [0.1, 0.15) is 17.9 Å². The second-order valence-corrected chi connectivity index (χ2v) is 11.8. The molecule has 1 aliphatic heterocycles. The predicted octanol–water partition coefficient (Wildman–Crippen LogP) is 7.12. The number of hydrogen-bond donors (Lipinski definition) is 0. The van der Waals surface area contributed by atoms with Crippen molar-refractivity contribution in [2.75, 3.05) is 0 Å². The van der Waals surface area contributed by atoms with Crippen LogP contribution in [0, 0.1) is 6.92 Å². The van der Waals surface area contributed by atoms with Crippen molar-refractivity contribution in [3.8, 4) is 0 Å². The number of carbonyl (C=O) groups excluding carboxylic acids is 1. The monoisotopic (exact) mass is 566 g/mol. The summed E-state index contributed by atoms with van der Waals surface area (Å²) in [6.45, 7) is 4.06. The Morgan fingerprint density at radius 3 is 2.25 bits per heavy atom. The van der Waals surface area contributed by atoms with Gasteiger partial charge in [0.2, 0.25) is 0 Å². The number of aliphatic imine (C=N–C) groups is 1. The predicted molar refractivity (Wildman–Crippen MR) is 148 cm³/mol. The highest BCUT2D eigenvalue weighted by atomic mass is 79.9. The highest BCUT2D eigenvalue weighted by Crippen LogP contribution is 2.42. The van der Waals surface area contributed by atoms with Crippen LogP contribution in [0.25, 0.3) is 0 Å². The third-order valence-corrected chi connectivity index (χ3v) is 9.02. The van der Waals surface area contributed by atoms with E-state index in [-0.39, 0.29) is 10.7 Å². The summed E-state index contributed by atoms with van der Waals surface area (Å²) in [7, 11) is -3.98. The first-order valence-electron chi connectivity index (χ1n) is 12.4. The van der Waals surface area contributed by atoms with Crippen molar-refractivity contribution in [3.63, 3.8) is 0 Å². The van der Waals surface area contributed by atoms with E-state index in [0.29, 0.717) is 17.8 Å². The van der Waals surface area contributed by atoms with Crippen molar-refractivity contribution in [3.05, 3.63) is 100 Å². The summed E-state index contributed by atoms with van der Waals surface area (Å²) >= 11 is 3.61. The Morgan fingerprint density at radius 2 is 1.58 bits per heavy atom. The van der Waals surface area contributed by atoms with Crippen molar-refractivity contribution < 1.29 is 13.2 Å². The molecule has 0 saturated heterocycles. The maximum Gasteiger partial charge on any atom is 0.265 e. The second-order valence-electron chi connectivity index (χ2n) is 9.11. The van der Waals surface area contributed by atoms with Crippen LogP contribution in [0.4, 0.5) is 0 Å². The van der Waals surface area contributed by atoms with E-state index < -0.39 is 22.1 Å². The van der Waals surface area contributed by atoms with Crippen LogP contribution in [0.3, 0.4) is 0 Å². The quantitative estimate of drug-likeness (QED) is 0.194. The van der Waals surface area contributed by atoms with E-state index in [9.17, 15) is 13.2 Å². The fourth-order valence-corrected chi connectivity index (χ4v) is 6.73. The van der Waals surface area contributed by atoms with Crippen LogP contribution in [-0.4, -0.2) is 30.4 Å². The van der Waals surface area contributed by atoms with Gasteiger partial charge in [0, 0.05) is 16.5 Å². The summed E-state index contributed by atoms with van der Waals surface area (Å²) in [5.74, 6) is 0.255. The molecule has 0 unspecified atom stereocenters. The van der Waals surface area contributed by atoms with Gasteiger partial charge in [-0.15, -0.1) is 0 Å². The summed E-state index contributed by atoms with van der Waals surface area (Å²) in [6, 6.07) is 21.6. The Bertz CT molecular complexity index is 1340. The molecule has 3 aromatic rings. The fraction of sp³-hybridized carbons (Fsp3) is 0.310. The van der Waals surface area contributed by atoms with Gasteiger partial charge in [0.25, 0.3) is 10.0 Å². The molecule has 0 bridgehead atoms. The molecule has 1 aliphatic rings. The highest BCUT2D eigenvalue weighted by Gasteiger charge is 2.47. The van der Waals surface area contributed by atoms with Crippen molar-refractivity contribution in [2.45, 2.75) is 62.9 Å². The summed E-state index contributed by atoms with van der Waals surface area (Å²) in [6.07, 6.45) is 4.42. The van der Waals surface area contributed by atoms with Gasteiger partial charge in [-0.25, -0.2) is 12.7 Å². The van der Waals surface area contributed by atoms with Crippen LogP contribution in [0.5, 0.6) is 0 Å². The summed E-state index contributed by atoms with van der Waals surface area (Å²) in [5, 5.41) is 0. The first-order chi connectivity index (χ1) is 17.3. The highest BCUT2D eigenvalue weighted by molar-refractivity contribution is 9.10. The standard InChI is InChI=1S/C29H31BrN2O3S/c1-3-4-5-9-16-26-31-27(29(33)22-12-7-6-8-13-22)28(24-14-10-11-15-25(24)30)32(26)36(34,35)23-19-17-21(2)18-20-23/h6-8,10-15,17-20,27-28H,3-5,9,16H2,1-2H3/t27-,28+/m0/s1. The van der Waals surface area contributed by atoms with E-state index in [1.54, 1.807) is 36.4 Å². The molecule has 188 valence electrons. The molecule has 0 aliphatic carbocycles. The van der Waals surface area contributed by atoms with Crippen LogP contribution < -0.4 is 0 Å². The number of sulfonamides is 1. The largest absolute Gasteiger partial charge is 0.292 e. The van der Waals surface area contributed by atoms with E-state index in [4.69, 9.17) is 4.99 Å². The molecule has 4 rings (SSSR count). The number of aryl methyl sites for hydroxylation is 1. The average molecular weight is 568 g/mol. The van der Waals surface area contributed by atoms with Crippen LogP contribution in [0.2, 0.25) is 0 Å². The van der Waals surface area contributed by atoms with E-state index >= 15 is 0 Å². The minimum Gasteiger partial charge on any atom is -0.292 e. The third-order valence-electron chi connectivity index (χ3n) is 6.48. The number of halogens is 1. The molecule has 0 fully saturated rings.